The summed E-state index contributed by atoms with van der Waals surface area (Å²) >= 11 is 0. The van der Waals surface area contributed by atoms with Crippen LogP contribution in [0.3, 0.4) is 0 Å². The van der Waals surface area contributed by atoms with E-state index in [9.17, 15) is 0 Å². The second-order valence-electron chi connectivity index (χ2n) is 5.05. The number of nitrogens with zero attached hydrogens (tertiary/aromatic N) is 2. The van der Waals surface area contributed by atoms with Gasteiger partial charge in [0.2, 0.25) is 11.8 Å². The van der Waals surface area contributed by atoms with Crippen LogP contribution in [-0.4, -0.2) is 24.2 Å². The van der Waals surface area contributed by atoms with Crippen molar-refractivity contribution in [2.45, 2.75) is 26.3 Å². The highest BCUT2D eigenvalue weighted by Crippen LogP contribution is 2.25. The number of ether oxygens (including phenoxy) is 2. The van der Waals surface area contributed by atoms with Gasteiger partial charge in [0, 0.05) is 0 Å². The lowest BCUT2D eigenvalue weighted by Gasteiger charge is -2.16. The Hall–Kier alpha value is -2.14. The molecule has 5 nitrogen and oxygen atoms in total. The Balaban J connectivity index is 2.27. The third kappa shape index (κ3) is 3.49. The molecule has 0 saturated heterocycles. The molecule has 112 valence electrons. The number of aromatic nitrogens is 2. The van der Waals surface area contributed by atoms with Gasteiger partial charge in [0.15, 0.2) is 0 Å². The van der Waals surface area contributed by atoms with E-state index in [2.05, 4.69) is 42.0 Å². The third-order valence-corrected chi connectivity index (χ3v) is 3.44. The zero-order valence-corrected chi connectivity index (χ0v) is 12.9. The largest absolute Gasteiger partial charge is 0.480 e. The van der Waals surface area contributed by atoms with Crippen LogP contribution in [0.1, 0.15) is 28.4 Å². The number of hydrogen-bond donors (Lipinski definition) is 1. The van der Waals surface area contributed by atoms with Crippen LogP contribution in [-0.2, 0) is 6.42 Å². The molecule has 0 aliphatic carbocycles. The van der Waals surface area contributed by atoms with Crippen LogP contribution in [0.5, 0.6) is 11.8 Å². The van der Waals surface area contributed by atoms with Crippen molar-refractivity contribution in [3.63, 3.8) is 0 Å². The molecule has 1 heterocycles. The van der Waals surface area contributed by atoms with Crippen molar-refractivity contribution in [3.05, 3.63) is 46.8 Å². The fourth-order valence-electron chi connectivity index (χ4n) is 2.22. The molecular formula is C16H21N3O2. The molecule has 0 aliphatic rings. The lowest BCUT2D eigenvalue weighted by Crippen LogP contribution is -2.17. The number of nitrogens with two attached hydrogens (primary N) is 1. The monoisotopic (exact) mass is 287 g/mol. The standard InChI is InChI=1S/C16H21N3O2/c1-10-5-6-11(2)12(7-10)8-13(17)15-16(21-4)19-14(20-3)9-18-15/h5-7,9,13H,8,17H2,1-4H3. The summed E-state index contributed by atoms with van der Waals surface area (Å²) in [5.41, 5.74) is 10.6. The average molecular weight is 287 g/mol. The molecule has 1 aromatic heterocycles. The molecule has 0 amide bonds. The zero-order valence-electron chi connectivity index (χ0n) is 12.9. The van der Waals surface area contributed by atoms with Crippen molar-refractivity contribution in [1.29, 1.82) is 0 Å². The summed E-state index contributed by atoms with van der Waals surface area (Å²) in [5, 5.41) is 0. The fraction of sp³-hybridized carbons (Fsp3) is 0.375. The van der Waals surface area contributed by atoms with Crippen molar-refractivity contribution in [1.82, 2.24) is 9.97 Å². The minimum atomic E-state index is -0.279. The zero-order chi connectivity index (χ0) is 15.4. The highest BCUT2D eigenvalue weighted by molar-refractivity contribution is 5.33. The van der Waals surface area contributed by atoms with E-state index in [-0.39, 0.29) is 6.04 Å². The second-order valence-corrected chi connectivity index (χ2v) is 5.05. The van der Waals surface area contributed by atoms with Crippen LogP contribution in [0.15, 0.2) is 24.4 Å². The van der Waals surface area contributed by atoms with Crippen molar-refractivity contribution >= 4 is 0 Å². The SMILES string of the molecule is COc1cnc(C(N)Cc2cc(C)ccc2C)c(OC)n1. The normalized spacial score (nSPS) is 12.0. The fourth-order valence-corrected chi connectivity index (χ4v) is 2.22. The summed E-state index contributed by atoms with van der Waals surface area (Å²) in [5.74, 6) is 0.821. The molecule has 2 rings (SSSR count). The molecule has 0 bridgehead atoms. The number of rotatable bonds is 5. The van der Waals surface area contributed by atoms with Crippen LogP contribution in [0.4, 0.5) is 0 Å². The number of aryl methyl sites for hydroxylation is 2. The molecule has 0 radical (unpaired) electrons. The molecule has 1 atom stereocenters. The molecule has 21 heavy (non-hydrogen) atoms. The van der Waals surface area contributed by atoms with Crippen molar-refractivity contribution < 1.29 is 9.47 Å². The lowest BCUT2D eigenvalue weighted by molar-refractivity contribution is 0.353. The molecule has 0 aliphatic heterocycles. The molecule has 2 N–H and O–H groups in total. The second kappa shape index (κ2) is 6.54. The Morgan fingerprint density at radius 2 is 1.95 bits per heavy atom. The molecule has 0 saturated carbocycles. The van der Waals surface area contributed by atoms with Crippen LogP contribution in [0, 0.1) is 13.8 Å². The average Bonchev–Trinajstić information content (AvgIpc) is 2.50. The summed E-state index contributed by atoms with van der Waals surface area (Å²) in [6.07, 6.45) is 2.24. The van der Waals surface area contributed by atoms with Gasteiger partial charge in [-0.15, -0.1) is 0 Å². The summed E-state index contributed by atoms with van der Waals surface area (Å²) in [6.45, 7) is 4.15. The predicted molar refractivity (Wildman–Crippen MR) is 81.7 cm³/mol. The topological polar surface area (TPSA) is 70.3 Å². The van der Waals surface area contributed by atoms with E-state index >= 15 is 0 Å². The Morgan fingerprint density at radius 3 is 2.62 bits per heavy atom. The van der Waals surface area contributed by atoms with Crippen LogP contribution >= 0.6 is 0 Å². The van der Waals surface area contributed by atoms with E-state index in [1.54, 1.807) is 20.4 Å². The number of benzene rings is 1. The van der Waals surface area contributed by atoms with Crippen LogP contribution < -0.4 is 15.2 Å². The molecule has 5 heteroatoms. The first-order chi connectivity index (χ1) is 10.0. The van der Waals surface area contributed by atoms with Crippen molar-refractivity contribution in [2.24, 2.45) is 5.73 Å². The molecule has 1 unspecified atom stereocenters. The summed E-state index contributed by atoms with van der Waals surface area (Å²) in [4.78, 5) is 8.56. The highest BCUT2D eigenvalue weighted by Gasteiger charge is 2.17. The first kappa shape index (κ1) is 15.3. The maximum Gasteiger partial charge on any atom is 0.240 e. The molecule has 1 aromatic carbocycles. The molecule has 0 spiro atoms. The van der Waals surface area contributed by atoms with E-state index in [4.69, 9.17) is 15.2 Å². The Bertz CT molecular complexity index is 629. The van der Waals surface area contributed by atoms with E-state index in [1.165, 1.54) is 16.7 Å². The summed E-state index contributed by atoms with van der Waals surface area (Å²) < 4.78 is 10.3. The van der Waals surface area contributed by atoms with Gasteiger partial charge in [-0.2, -0.15) is 4.98 Å². The molecule has 2 aromatic rings. The summed E-state index contributed by atoms with van der Waals surface area (Å²) in [7, 11) is 3.09. The lowest BCUT2D eigenvalue weighted by atomic mass is 9.98. The van der Waals surface area contributed by atoms with Gasteiger partial charge in [0.25, 0.3) is 0 Å². The van der Waals surface area contributed by atoms with Crippen LogP contribution in [0.25, 0.3) is 0 Å². The predicted octanol–water partition coefficient (Wildman–Crippen LogP) is 2.35. The van der Waals surface area contributed by atoms with Gasteiger partial charge in [0.05, 0.1) is 26.5 Å². The van der Waals surface area contributed by atoms with Gasteiger partial charge in [-0.1, -0.05) is 23.8 Å². The Labute approximate surface area is 125 Å². The van der Waals surface area contributed by atoms with Crippen LogP contribution in [0.2, 0.25) is 0 Å². The number of hydrogen-bond acceptors (Lipinski definition) is 5. The highest BCUT2D eigenvalue weighted by atomic mass is 16.5. The third-order valence-electron chi connectivity index (χ3n) is 3.44. The molecule has 0 fully saturated rings. The number of methoxy groups -OCH3 is 2. The van der Waals surface area contributed by atoms with Gasteiger partial charge in [-0.05, 0) is 31.4 Å². The van der Waals surface area contributed by atoms with Gasteiger partial charge in [-0.25, -0.2) is 4.98 Å². The van der Waals surface area contributed by atoms with Gasteiger partial charge in [-0.3, -0.25) is 0 Å². The van der Waals surface area contributed by atoms with E-state index in [0.29, 0.717) is 23.9 Å². The van der Waals surface area contributed by atoms with Crippen molar-refractivity contribution in [3.8, 4) is 11.8 Å². The summed E-state index contributed by atoms with van der Waals surface area (Å²) in [6, 6.07) is 6.07. The van der Waals surface area contributed by atoms with Gasteiger partial charge < -0.3 is 15.2 Å². The smallest absolute Gasteiger partial charge is 0.240 e. The first-order valence-electron chi connectivity index (χ1n) is 6.81. The van der Waals surface area contributed by atoms with Gasteiger partial charge >= 0.3 is 0 Å². The Kier molecular flexibility index (Phi) is 4.75. The molecular weight excluding hydrogens is 266 g/mol. The van der Waals surface area contributed by atoms with Crippen molar-refractivity contribution in [2.75, 3.05) is 14.2 Å². The first-order valence-corrected chi connectivity index (χ1v) is 6.81. The maximum absolute atomic E-state index is 6.29. The van der Waals surface area contributed by atoms with Gasteiger partial charge in [0.1, 0.15) is 5.69 Å². The van der Waals surface area contributed by atoms with E-state index < -0.39 is 0 Å². The van der Waals surface area contributed by atoms with E-state index in [0.717, 1.165) is 0 Å². The van der Waals surface area contributed by atoms with E-state index in [1.807, 2.05) is 0 Å². The Morgan fingerprint density at radius 1 is 1.19 bits per heavy atom. The minimum absolute atomic E-state index is 0.279. The minimum Gasteiger partial charge on any atom is -0.480 e. The quantitative estimate of drug-likeness (QED) is 0.914. The maximum atomic E-state index is 6.29.